The third-order valence-corrected chi connectivity index (χ3v) is 3.22. The fourth-order valence-corrected chi connectivity index (χ4v) is 2.29. The average molecular weight is 291 g/mol. The third-order valence-electron chi connectivity index (χ3n) is 3.01. The SMILES string of the molecule is CCc1nnc(NCc2ccno2)c(C(N)=S)c1CC. The summed E-state index contributed by atoms with van der Waals surface area (Å²) in [7, 11) is 0. The molecule has 7 heteroatoms. The number of rotatable bonds is 6. The fourth-order valence-electron chi connectivity index (χ4n) is 2.07. The Morgan fingerprint density at radius 2 is 2.15 bits per heavy atom. The van der Waals surface area contributed by atoms with Crippen molar-refractivity contribution in [1.29, 1.82) is 0 Å². The Labute approximate surface area is 122 Å². The highest BCUT2D eigenvalue weighted by atomic mass is 32.1. The molecule has 6 nitrogen and oxygen atoms in total. The van der Waals surface area contributed by atoms with Gasteiger partial charge in [-0.15, -0.1) is 5.10 Å². The number of aryl methyl sites for hydroxylation is 1. The van der Waals surface area contributed by atoms with Crippen molar-refractivity contribution in [1.82, 2.24) is 15.4 Å². The molecule has 0 amide bonds. The molecule has 0 saturated heterocycles. The quantitative estimate of drug-likeness (QED) is 0.785. The largest absolute Gasteiger partial charge is 0.389 e. The van der Waals surface area contributed by atoms with E-state index in [1.165, 1.54) is 0 Å². The second-order valence-corrected chi connectivity index (χ2v) is 4.69. The first-order chi connectivity index (χ1) is 9.67. The van der Waals surface area contributed by atoms with Crippen LogP contribution in [0, 0.1) is 0 Å². The first-order valence-corrected chi connectivity index (χ1v) is 6.89. The zero-order valence-electron chi connectivity index (χ0n) is 11.5. The van der Waals surface area contributed by atoms with Crippen molar-refractivity contribution in [2.75, 3.05) is 5.32 Å². The minimum Gasteiger partial charge on any atom is -0.389 e. The zero-order chi connectivity index (χ0) is 14.5. The summed E-state index contributed by atoms with van der Waals surface area (Å²) in [5.74, 6) is 1.29. The monoisotopic (exact) mass is 291 g/mol. The van der Waals surface area contributed by atoms with Crippen LogP contribution in [0.15, 0.2) is 16.8 Å². The van der Waals surface area contributed by atoms with E-state index in [9.17, 15) is 0 Å². The number of nitrogens with zero attached hydrogens (tertiary/aromatic N) is 3. The molecule has 0 aliphatic heterocycles. The highest BCUT2D eigenvalue weighted by Crippen LogP contribution is 2.21. The Bertz CT molecular complexity index is 597. The van der Waals surface area contributed by atoms with Crippen molar-refractivity contribution in [2.24, 2.45) is 5.73 Å². The van der Waals surface area contributed by atoms with Gasteiger partial charge in [0.05, 0.1) is 24.0 Å². The van der Waals surface area contributed by atoms with Crippen LogP contribution in [0.3, 0.4) is 0 Å². The van der Waals surface area contributed by atoms with Gasteiger partial charge in [-0.2, -0.15) is 5.10 Å². The molecule has 0 radical (unpaired) electrons. The van der Waals surface area contributed by atoms with Crippen LogP contribution >= 0.6 is 12.2 Å². The second-order valence-electron chi connectivity index (χ2n) is 4.25. The van der Waals surface area contributed by atoms with Crippen molar-refractivity contribution >= 4 is 23.0 Å². The Kier molecular flexibility index (Phi) is 4.62. The van der Waals surface area contributed by atoms with Crippen LogP contribution in [-0.2, 0) is 19.4 Å². The van der Waals surface area contributed by atoms with Gasteiger partial charge in [-0.25, -0.2) is 0 Å². The maximum atomic E-state index is 5.85. The van der Waals surface area contributed by atoms with Crippen molar-refractivity contribution in [3.8, 4) is 0 Å². The van der Waals surface area contributed by atoms with E-state index >= 15 is 0 Å². The van der Waals surface area contributed by atoms with Gasteiger partial charge in [0.25, 0.3) is 0 Å². The minimum atomic E-state index is 0.325. The Morgan fingerprint density at radius 1 is 1.35 bits per heavy atom. The lowest BCUT2D eigenvalue weighted by atomic mass is 10.0. The maximum absolute atomic E-state index is 5.85. The summed E-state index contributed by atoms with van der Waals surface area (Å²) in [6, 6.07) is 1.78. The van der Waals surface area contributed by atoms with Crippen LogP contribution in [0.4, 0.5) is 5.82 Å². The van der Waals surface area contributed by atoms with Crippen LogP contribution in [0.2, 0.25) is 0 Å². The molecule has 0 aliphatic carbocycles. The van der Waals surface area contributed by atoms with Gasteiger partial charge in [-0.1, -0.05) is 31.2 Å². The molecule has 2 aromatic rings. The average Bonchev–Trinajstić information content (AvgIpc) is 2.96. The van der Waals surface area contributed by atoms with E-state index in [1.54, 1.807) is 12.3 Å². The van der Waals surface area contributed by atoms with Gasteiger partial charge in [0.1, 0.15) is 4.99 Å². The molecule has 0 spiro atoms. The molecule has 0 aliphatic rings. The Morgan fingerprint density at radius 3 is 2.70 bits per heavy atom. The molecular formula is C13H17N5OS. The lowest BCUT2D eigenvalue weighted by molar-refractivity contribution is 0.388. The summed E-state index contributed by atoms with van der Waals surface area (Å²) in [5, 5.41) is 15.2. The smallest absolute Gasteiger partial charge is 0.159 e. The van der Waals surface area contributed by atoms with Gasteiger partial charge in [0.15, 0.2) is 11.6 Å². The van der Waals surface area contributed by atoms with Gasteiger partial charge in [-0.3, -0.25) is 0 Å². The van der Waals surface area contributed by atoms with Crippen molar-refractivity contribution in [3.63, 3.8) is 0 Å². The molecule has 2 heterocycles. The van der Waals surface area contributed by atoms with Crippen LogP contribution < -0.4 is 11.1 Å². The number of nitrogens with two attached hydrogens (primary N) is 1. The number of nitrogens with one attached hydrogen (secondary N) is 1. The topological polar surface area (TPSA) is 89.9 Å². The van der Waals surface area contributed by atoms with Crippen LogP contribution in [0.5, 0.6) is 0 Å². The predicted octanol–water partition coefficient (Wildman–Crippen LogP) is 1.84. The van der Waals surface area contributed by atoms with Crippen LogP contribution in [0.1, 0.15) is 36.4 Å². The second kappa shape index (κ2) is 6.42. The lowest BCUT2D eigenvalue weighted by Crippen LogP contribution is -2.19. The highest BCUT2D eigenvalue weighted by Gasteiger charge is 2.16. The van der Waals surface area contributed by atoms with Crippen molar-refractivity contribution in [2.45, 2.75) is 33.2 Å². The number of anilines is 1. The molecule has 3 N–H and O–H groups in total. The number of hydrogen-bond donors (Lipinski definition) is 2. The summed E-state index contributed by atoms with van der Waals surface area (Å²) in [6.07, 6.45) is 3.20. The first kappa shape index (κ1) is 14.4. The number of aromatic nitrogens is 3. The fraction of sp³-hybridized carbons (Fsp3) is 0.385. The first-order valence-electron chi connectivity index (χ1n) is 6.49. The minimum absolute atomic E-state index is 0.325. The molecule has 0 saturated carbocycles. The molecular weight excluding hydrogens is 274 g/mol. The van der Waals surface area contributed by atoms with Crippen molar-refractivity contribution in [3.05, 3.63) is 34.8 Å². The number of thiocarbonyl (C=S) groups is 1. The van der Waals surface area contributed by atoms with Gasteiger partial charge >= 0.3 is 0 Å². The zero-order valence-corrected chi connectivity index (χ0v) is 12.3. The van der Waals surface area contributed by atoms with Gasteiger partial charge in [-0.05, 0) is 18.4 Å². The summed E-state index contributed by atoms with van der Waals surface area (Å²) in [6.45, 7) is 4.55. The highest BCUT2D eigenvalue weighted by molar-refractivity contribution is 7.80. The van der Waals surface area contributed by atoms with Crippen LogP contribution in [-0.4, -0.2) is 20.3 Å². The van der Waals surface area contributed by atoms with E-state index in [0.717, 1.165) is 29.7 Å². The molecule has 106 valence electrons. The van der Waals surface area contributed by atoms with Gasteiger partial charge in [0.2, 0.25) is 0 Å². The number of hydrogen-bond acceptors (Lipinski definition) is 6. The molecule has 0 fully saturated rings. The standard InChI is InChI=1S/C13H17N5OS/c1-3-9-10(4-2)17-18-13(11(9)12(14)20)15-7-8-5-6-16-19-8/h5-6H,3-4,7H2,1-2H3,(H2,14,20)(H,15,18). The van der Waals surface area contributed by atoms with E-state index < -0.39 is 0 Å². The van der Waals surface area contributed by atoms with E-state index in [2.05, 4.69) is 27.6 Å². The lowest BCUT2D eigenvalue weighted by Gasteiger charge is -2.14. The molecule has 20 heavy (non-hydrogen) atoms. The summed E-state index contributed by atoms with van der Waals surface area (Å²) in [4.78, 5) is 0.325. The Hall–Kier alpha value is -2.02. The van der Waals surface area contributed by atoms with E-state index in [1.807, 2.05) is 6.92 Å². The molecule has 0 bridgehead atoms. The van der Waals surface area contributed by atoms with E-state index in [4.69, 9.17) is 22.5 Å². The van der Waals surface area contributed by atoms with E-state index in [0.29, 0.717) is 23.1 Å². The summed E-state index contributed by atoms with van der Waals surface area (Å²) < 4.78 is 5.03. The van der Waals surface area contributed by atoms with Gasteiger partial charge < -0.3 is 15.6 Å². The third kappa shape index (κ3) is 2.93. The van der Waals surface area contributed by atoms with E-state index in [-0.39, 0.29) is 0 Å². The molecule has 0 aromatic carbocycles. The van der Waals surface area contributed by atoms with Gasteiger partial charge in [0, 0.05) is 6.07 Å². The molecule has 0 unspecified atom stereocenters. The summed E-state index contributed by atoms with van der Waals surface area (Å²) >= 11 is 5.16. The van der Waals surface area contributed by atoms with Crippen LogP contribution in [0.25, 0.3) is 0 Å². The normalized spacial score (nSPS) is 10.5. The Balaban J connectivity index is 2.34. The van der Waals surface area contributed by atoms with Crippen molar-refractivity contribution < 1.29 is 4.52 Å². The molecule has 0 atom stereocenters. The molecule has 2 rings (SSSR count). The molecule has 2 aromatic heterocycles. The maximum Gasteiger partial charge on any atom is 0.159 e. The summed E-state index contributed by atoms with van der Waals surface area (Å²) in [5.41, 5.74) is 8.61. The predicted molar refractivity (Wildman–Crippen MR) is 80.5 cm³/mol.